The fraction of sp³-hybridized carbons (Fsp3) is 0.500. The Kier molecular flexibility index (Phi) is 3.93. The zero-order chi connectivity index (χ0) is 13.1. The molecule has 5 nitrogen and oxygen atoms in total. The molecule has 1 heterocycles. The van der Waals surface area contributed by atoms with Crippen LogP contribution < -0.4 is 5.32 Å². The van der Waals surface area contributed by atoms with Gasteiger partial charge in [-0.25, -0.2) is 4.79 Å². The molecule has 0 aliphatic carbocycles. The number of carbonyl (C=O) groups excluding carboxylic acids is 2. The van der Waals surface area contributed by atoms with Gasteiger partial charge < -0.3 is 14.5 Å². The van der Waals surface area contributed by atoms with E-state index in [0.717, 1.165) is 0 Å². The van der Waals surface area contributed by atoms with Gasteiger partial charge in [0.15, 0.2) is 6.10 Å². The molecule has 1 rings (SSSR count). The summed E-state index contributed by atoms with van der Waals surface area (Å²) in [6, 6.07) is 3.06. The summed E-state index contributed by atoms with van der Waals surface area (Å²) in [4.78, 5) is 23.1. The van der Waals surface area contributed by atoms with Crippen LogP contribution >= 0.6 is 0 Å². The number of hydrogen-bond donors (Lipinski definition) is 1. The average Bonchev–Trinajstić information content (AvgIpc) is 2.67. The minimum absolute atomic E-state index is 0.0837. The number of hydrogen-bond acceptors (Lipinski definition) is 4. The molecule has 17 heavy (non-hydrogen) atoms. The fourth-order valence-electron chi connectivity index (χ4n) is 1.14. The number of rotatable bonds is 3. The van der Waals surface area contributed by atoms with Crippen LogP contribution in [0.2, 0.25) is 0 Å². The Balaban J connectivity index is 2.52. The third kappa shape index (κ3) is 4.30. The summed E-state index contributed by atoms with van der Waals surface area (Å²) in [5, 5.41) is 2.72. The quantitative estimate of drug-likeness (QED) is 0.816. The Bertz CT molecular complexity index is 389. The Hall–Kier alpha value is -1.78. The van der Waals surface area contributed by atoms with Crippen molar-refractivity contribution in [2.75, 3.05) is 0 Å². The third-order valence-corrected chi connectivity index (χ3v) is 1.87. The van der Waals surface area contributed by atoms with E-state index in [2.05, 4.69) is 5.32 Å². The molecular weight excluding hydrogens is 222 g/mol. The van der Waals surface area contributed by atoms with Crippen LogP contribution in [0.4, 0.5) is 0 Å². The predicted octanol–water partition coefficient (Wildman–Crippen LogP) is 1.74. The van der Waals surface area contributed by atoms with E-state index in [1.54, 1.807) is 6.07 Å². The Morgan fingerprint density at radius 1 is 1.41 bits per heavy atom. The van der Waals surface area contributed by atoms with Crippen LogP contribution in [0.15, 0.2) is 22.8 Å². The summed E-state index contributed by atoms with van der Waals surface area (Å²) in [5.41, 5.74) is -0.359. The summed E-state index contributed by atoms with van der Waals surface area (Å²) < 4.78 is 9.83. The maximum absolute atomic E-state index is 11.6. The first-order chi connectivity index (χ1) is 7.79. The molecule has 0 saturated carbocycles. The van der Waals surface area contributed by atoms with Crippen molar-refractivity contribution in [2.45, 2.75) is 39.3 Å². The van der Waals surface area contributed by atoms with Crippen LogP contribution in [-0.4, -0.2) is 23.5 Å². The molecular formula is C12H17NO4. The molecule has 0 radical (unpaired) electrons. The van der Waals surface area contributed by atoms with Gasteiger partial charge in [-0.15, -0.1) is 0 Å². The Labute approximate surface area is 100 Å². The zero-order valence-corrected chi connectivity index (χ0v) is 10.4. The average molecular weight is 239 g/mol. The standard InChI is InChI=1S/C12H17NO4/c1-8(10(14)13-12(2,3)4)17-11(15)9-6-5-7-16-9/h5-8H,1-4H3,(H,13,14). The number of amides is 1. The first-order valence-corrected chi connectivity index (χ1v) is 5.36. The van der Waals surface area contributed by atoms with Gasteiger partial charge in [0.1, 0.15) is 0 Å². The van der Waals surface area contributed by atoms with E-state index in [9.17, 15) is 9.59 Å². The lowest BCUT2D eigenvalue weighted by molar-refractivity contribution is -0.130. The lowest BCUT2D eigenvalue weighted by Crippen LogP contribution is -2.46. The first-order valence-electron chi connectivity index (χ1n) is 5.36. The van der Waals surface area contributed by atoms with Crippen LogP contribution in [0.25, 0.3) is 0 Å². The van der Waals surface area contributed by atoms with Gasteiger partial charge in [-0.05, 0) is 39.8 Å². The van der Waals surface area contributed by atoms with Crippen molar-refractivity contribution in [3.05, 3.63) is 24.2 Å². The second kappa shape index (κ2) is 5.03. The molecule has 0 spiro atoms. The van der Waals surface area contributed by atoms with Crippen LogP contribution in [0, 0.1) is 0 Å². The van der Waals surface area contributed by atoms with E-state index < -0.39 is 12.1 Å². The minimum Gasteiger partial charge on any atom is -0.457 e. The number of esters is 1. The zero-order valence-electron chi connectivity index (χ0n) is 10.4. The van der Waals surface area contributed by atoms with Crippen molar-refractivity contribution in [2.24, 2.45) is 0 Å². The van der Waals surface area contributed by atoms with E-state index in [1.165, 1.54) is 19.3 Å². The summed E-state index contributed by atoms with van der Waals surface area (Å²) in [6.07, 6.45) is 0.517. The molecule has 0 fully saturated rings. The van der Waals surface area contributed by atoms with E-state index >= 15 is 0 Å². The second-order valence-corrected chi connectivity index (χ2v) is 4.76. The molecule has 0 aliphatic heterocycles. The first kappa shape index (κ1) is 13.3. The molecule has 0 bridgehead atoms. The number of nitrogens with one attached hydrogen (secondary N) is 1. The van der Waals surface area contributed by atoms with Crippen LogP contribution in [0.1, 0.15) is 38.2 Å². The molecule has 1 amide bonds. The monoisotopic (exact) mass is 239 g/mol. The molecule has 1 N–H and O–H groups in total. The topological polar surface area (TPSA) is 68.5 Å². The van der Waals surface area contributed by atoms with Gasteiger partial charge in [0.05, 0.1) is 6.26 Å². The summed E-state index contributed by atoms with van der Waals surface area (Å²) >= 11 is 0. The van der Waals surface area contributed by atoms with E-state index in [4.69, 9.17) is 9.15 Å². The number of carbonyl (C=O) groups is 2. The lowest BCUT2D eigenvalue weighted by atomic mass is 10.1. The molecule has 1 aromatic rings. The highest BCUT2D eigenvalue weighted by molar-refractivity contribution is 5.90. The number of furan rings is 1. The molecule has 1 aromatic heterocycles. The summed E-state index contributed by atoms with van der Waals surface area (Å²) in [6.45, 7) is 7.08. The van der Waals surface area contributed by atoms with E-state index in [0.29, 0.717) is 0 Å². The third-order valence-electron chi connectivity index (χ3n) is 1.87. The molecule has 5 heteroatoms. The van der Waals surface area contributed by atoms with Gasteiger partial charge in [-0.1, -0.05) is 0 Å². The van der Waals surface area contributed by atoms with Crippen LogP contribution in [0.3, 0.4) is 0 Å². The molecule has 1 atom stereocenters. The van der Waals surface area contributed by atoms with Gasteiger partial charge in [-0.2, -0.15) is 0 Å². The number of ether oxygens (including phenoxy) is 1. The maximum Gasteiger partial charge on any atom is 0.374 e. The second-order valence-electron chi connectivity index (χ2n) is 4.76. The lowest BCUT2D eigenvalue weighted by Gasteiger charge is -2.22. The minimum atomic E-state index is -0.855. The molecule has 0 saturated heterocycles. The fourth-order valence-corrected chi connectivity index (χ4v) is 1.14. The van der Waals surface area contributed by atoms with Crippen molar-refractivity contribution in [1.82, 2.24) is 5.32 Å². The van der Waals surface area contributed by atoms with Crippen molar-refractivity contribution in [1.29, 1.82) is 0 Å². The van der Waals surface area contributed by atoms with Crippen molar-refractivity contribution < 1.29 is 18.7 Å². The smallest absolute Gasteiger partial charge is 0.374 e. The van der Waals surface area contributed by atoms with Crippen molar-refractivity contribution in [3.8, 4) is 0 Å². The van der Waals surface area contributed by atoms with Gasteiger partial charge in [-0.3, -0.25) is 4.79 Å². The maximum atomic E-state index is 11.6. The van der Waals surface area contributed by atoms with Gasteiger partial charge in [0.2, 0.25) is 5.76 Å². The highest BCUT2D eigenvalue weighted by Gasteiger charge is 2.23. The largest absolute Gasteiger partial charge is 0.457 e. The highest BCUT2D eigenvalue weighted by atomic mass is 16.6. The Morgan fingerprint density at radius 2 is 2.06 bits per heavy atom. The highest BCUT2D eigenvalue weighted by Crippen LogP contribution is 2.06. The summed E-state index contributed by atoms with van der Waals surface area (Å²) in [7, 11) is 0. The van der Waals surface area contributed by atoms with E-state index in [1.807, 2.05) is 20.8 Å². The SMILES string of the molecule is CC(OC(=O)c1ccco1)C(=O)NC(C)(C)C. The van der Waals surface area contributed by atoms with Crippen LogP contribution in [-0.2, 0) is 9.53 Å². The Morgan fingerprint density at radius 3 is 2.53 bits per heavy atom. The molecule has 1 unspecified atom stereocenters. The molecule has 0 aromatic carbocycles. The predicted molar refractivity (Wildman–Crippen MR) is 61.5 cm³/mol. The van der Waals surface area contributed by atoms with E-state index in [-0.39, 0.29) is 17.2 Å². The molecule has 0 aliphatic rings. The van der Waals surface area contributed by atoms with Crippen molar-refractivity contribution in [3.63, 3.8) is 0 Å². The van der Waals surface area contributed by atoms with Gasteiger partial charge >= 0.3 is 5.97 Å². The summed E-state index contributed by atoms with van der Waals surface area (Å²) in [5.74, 6) is -0.899. The van der Waals surface area contributed by atoms with Gasteiger partial charge in [0.25, 0.3) is 5.91 Å². The normalized spacial score (nSPS) is 12.9. The van der Waals surface area contributed by atoms with Gasteiger partial charge in [0, 0.05) is 5.54 Å². The molecule has 94 valence electrons. The van der Waals surface area contributed by atoms with Crippen LogP contribution in [0.5, 0.6) is 0 Å². The van der Waals surface area contributed by atoms with Crippen molar-refractivity contribution >= 4 is 11.9 Å².